The number of ether oxygens (including phenoxy) is 1. The number of pyridine rings is 1. The monoisotopic (exact) mass is 680 g/mol. The van der Waals surface area contributed by atoms with Gasteiger partial charge < -0.3 is 14.7 Å². The van der Waals surface area contributed by atoms with Crippen LogP contribution in [0.5, 0.6) is 5.88 Å². The third-order valence-electron chi connectivity index (χ3n) is 8.83. The summed E-state index contributed by atoms with van der Waals surface area (Å²) in [5, 5.41) is 13.2. The Morgan fingerprint density at radius 1 is 1.06 bits per heavy atom. The summed E-state index contributed by atoms with van der Waals surface area (Å²) in [6.07, 6.45) is -6.59. The summed E-state index contributed by atoms with van der Waals surface area (Å²) in [6, 6.07) is 1.37. The number of carbonyl (C=O) groups excluding carboxylic acids is 1. The molecule has 0 bridgehead atoms. The fourth-order valence-corrected chi connectivity index (χ4v) is 6.37. The number of halogens is 6. The molecule has 1 fully saturated rings. The van der Waals surface area contributed by atoms with E-state index in [1.54, 1.807) is 11.8 Å². The highest BCUT2D eigenvalue weighted by Gasteiger charge is 2.41. The van der Waals surface area contributed by atoms with Crippen LogP contribution in [0.4, 0.5) is 36.8 Å². The van der Waals surface area contributed by atoms with Crippen molar-refractivity contribution in [3.05, 3.63) is 76.5 Å². The van der Waals surface area contributed by atoms with Gasteiger partial charge in [-0.25, -0.2) is 19.7 Å². The molecule has 258 valence electrons. The maximum Gasteiger partial charge on any atom is 0.416 e. The summed E-state index contributed by atoms with van der Waals surface area (Å²) >= 11 is 0. The van der Waals surface area contributed by atoms with E-state index in [1.807, 2.05) is 0 Å². The highest BCUT2D eigenvalue weighted by Crippen LogP contribution is 2.42. The van der Waals surface area contributed by atoms with Crippen molar-refractivity contribution in [1.82, 2.24) is 25.2 Å². The van der Waals surface area contributed by atoms with Gasteiger partial charge in [0.1, 0.15) is 5.82 Å². The lowest BCUT2D eigenvalue weighted by atomic mass is 9.91. The molecule has 5 rings (SSSR count). The van der Waals surface area contributed by atoms with Crippen molar-refractivity contribution in [3.8, 4) is 5.88 Å². The van der Waals surface area contributed by atoms with Gasteiger partial charge in [0.05, 0.1) is 41.7 Å². The quantitative estimate of drug-likeness (QED) is 0.264. The lowest BCUT2D eigenvalue weighted by molar-refractivity contribution is -0.143. The summed E-state index contributed by atoms with van der Waals surface area (Å²) in [4.78, 5) is 40.4. The summed E-state index contributed by atoms with van der Waals surface area (Å²) in [7, 11) is 1.35. The molecule has 2 aliphatic rings. The average molecular weight is 681 g/mol. The first-order valence-corrected chi connectivity index (χ1v) is 15.3. The van der Waals surface area contributed by atoms with E-state index in [1.165, 1.54) is 38.6 Å². The number of likely N-dealkylation sites (tertiary alicyclic amines) is 1. The van der Waals surface area contributed by atoms with Crippen LogP contribution in [-0.4, -0.2) is 63.2 Å². The number of alkyl halides is 6. The van der Waals surface area contributed by atoms with Gasteiger partial charge in [-0.2, -0.15) is 26.3 Å². The van der Waals surface area contributed by atoms with Gasteiger partial charge in [-0.3, -0.25) is 15.0 Å². The fourth-order valence-electron chi connectivity index (χ4n) is 6.37. The van der Waals surface area contributed by atoms with Crippen molar-refractivity contribution < 1.29 is 45.8 Å². The van der Waals surface area contributed by atoms with Gasteiger partial charge in [-0.15, -0.1) is 0 Å². The van der Waals surface area contributed by atoms with Gasteiger partial charge in [-0.05, 0) is 61.1 Å². The zero-order valence-corrected chi connectivity index (χ0v) is 26.3. The average Bonchev–Trinajstić information content (AvgIpc) is 3.05. The Bertz CT molecular complexity index is 1620. The van der Waals surface area contributed by atoms with Crippen LogP contribution in [0.2, 0.25) is 0 Å². The lowest BCUT2D eigenvalue weighted by Crippen LogP contribution is -2.47. The Morgan fingerprint density at radius 2 is 1.71 bits per heavy atom. The van der Waals surface area contributed by atoms with Gasteiger partial charge in [0.25, 0.3) is 0 Å². The number of carbonyl (C=O) groups is 2. The molecule has 3 aromatic rings. The highest BCUT2D eigenvalue weighted by molar-refractivity contribution is 5.88. The first kappa shape index (κ1) is 34.9. The molecule has 2 amide bonds. The molecule has 0 aliphatic carbocycles. The molecule has 1 aromatic carbocycles. The second-order valence-corrected chi connectivity index (χ2v) is 11.9. The van der Waals surface area contributed by atoms with Crippen LogP contribution in [0.25, 0.3) is 0 Å². The number of aromatic nitrogens is 3. The molecule has 2 aromatic heterocycles. The second kappa shape index (κ2) is 13.6. The number of hydrogen-bond donors (Lipinski definition) is 2. The van der Waals surface area contributed by atoms with Crippen molar-refractivity contribution in [2.24, 2.45) is 0 Å². The first-order valence-electron chi connectivity index (χ1n) is 15.3. The molecule has 0 saturated carbocycles. The van der Waals surface area contributed by atoms with Gasteiger partial charge in [0, 0.05) is 50.4 Å². The number of piperidine rings is 1. The minimum absolute atomic E-state index is 0.0501. The third-order valence-corrected chi connectivity index (χ3v) is 8.83. The number of nitrogens with one attached hydrogen (secondary N) is 1. The number of rotatable bonds is 7. The van der Waals surface area contributed by atoms with E-state index in [-0.39, 0.29) is 47.4 Å². The summed E-state index contributed by atoms with van der Waals surface area (Å²) in [6.45, 7) is 4.26. The fraction of sp³-hybridized carbons (Fsp3) is 0.469. The summed E-state index contributed by atoms with van der Waals surface area (Å²) < 4.78 is 89.1. The Morgan fingerprint density at radius 3 is 2.25 bits per heavy atom. The first-order chi connectivity index (χ1) is 22.6. The van der Waals surface area contributed by atoms with Crippen molar-refractivity contribution in [3.63, 3.8) is 0 Å². The molecular formula is C32H34F6N6O4. The number of benzene rings is 1. The van der Waals surface area contributed by atoms with Crippen molar-refractivity contribution in [2.75, 3.05) is 25.1 Å². The van der Waals surface area contributed by atoms with Crippen LogP contribution in [-0.2, 0) is 17.1 Å². The minimum Gasteiger partial charge on any atom is -0.481 e. The normalized spacial score (nSPS) is 20.6. The van der Waals surface area contributed by atoms with E-state index >= 15 is 0 Å². The van der Waals surface area contributed by atoms with Crippen molar-refractivity contribution >= 4 is 17.7 Å². The number of hydrogen-bond acceptors (Lipinski definition) is 7. The number of fused-ring (bicyclic) bond motifs is 1. The smallest absolute Gasteiger partial charge is 0.416 e. The highest BCUT2D eigenvalue weighted by atomic mass is 19.4. The van der Waals surface area contributed by atoms with E-state index in [4.69, 9.17) is 4.74 Å². The molecule has 0 spiro atoms. The van der Waals surface area contributed by atoms with Gasteiger partial charge in [-0.1, -0.05) is 6.92 Å². The molecule has 2 N–H and O–H groups in total. The maximum absolute atomic E-state index is 14.0. The predicted molar refractivity (Wildman–Crippen MR) is 160 cm³/mol. The predicted octanol–water partition coefficient (Wildman–Crippen LogP) is 6.73. The zero-order chi connectivity index (χ0) is 35.0. The summed E-state index contributed by atoms with van der Waals surface area (Å²) in [5.74, 6) is -0.175. The molecule has 1 saturated heterocycles. The molecule has 2 aliphatic heterocycles. The van der Waals surface area contributed by atoms with Crippen LogP contribution in [0, 0.1) is 0 Å². The van der Waals surface area contributed by atoms with Crippen LogP contribution < -0.4 is 15.0 Å². The number of methoxy groups -OCH3 is 1. The van der Waals surface area contributed by atoms with Crippen LogP contribution in [0.3, 0.4) is 0 Å². The molecule has 0 radical (unpaired) electrons. The van der Waals surface area contributed by atoms with Gasteiger partial charge in [0.15, 0.2) is 0 Å². The largest absolute Gasteiger partial charge is 0.481 e. The molecule has 2 unspecified atom stereocenters. The molecule has 16 heteroatoms. The molecule has 10 nitrogen and oxygen atoms in total. The molecular weight excluding hydrogens is 646 g/mol. The number of anilines is 1. The van der Waals surface area contributed by atoms with E-state index < -0.39 is 53.3 Å². The SMILES string of the molecule is CC[C@@H]1C[C@H](NC(c2cc(C(F)(F)F)cc(C(F)(F)F)c2)c2ncc(C3CCCN(C(C)=O)C3)cn2)c2nc(OC)ccc2N1C(=O)O. The van der Waals surface area contributed by atoms with Crippen LogP contribution in [0.1, 0.15) is 91.3 Å². The standard InChI is InChI=1S/C32H34F6N6O4/c1-4-23-13-24(28-25(44(23)30(46)47)7-8-26(42-28)48-3)41-27(19-10-21(31(33,34)35)12-22(11-19)32(36,37)38)29-39-14-20(15-40-29)18-6-5-9-43(16-18)17(2)45/h7-8,10-12,14-15,18,23-24,27,41H,4-6,9,13,16H2,1-3H3,(H,46,47)/t18?,23-,24+,27?/m1/s1. The zero-order valence-electron chi connectivity index (χ0n) is 26.3. The van der Waals surface area contributed by atoms with Gasteiger partial charge >= 0.3 is 18.4 Å². The second-order valence-electron chi connectivity index (χ2n) is 11.9. The van der Waals surface area contributed by atoms with E-state index in [2.05, 4.69) is 20.3 Å². The Labute approximate surface area is 272 Å². The minimum atomic E-state index is -5.10. The number of carboxylic acid groups (broad SMARTS) is 1. The van der Waals surface area contributed by atoms with Crippen LogP contribution in [0.15, 0.2) is 42.7 Å². The third kappa shape index (κ3) is 7.32. The Balaban J connectivity index is 1.63. The Hall–Kier alpha value is -4.47. The topological polar surface area (TPSA) is 121 Å². The Kier molecular flexibility index (Phi) is 9.85. The van der Waals surface area contributed by atoms with E-state index in [0.717, 1.165) is 17.7 Å². The van der Waals surface area contributed by atoms with E-state index in [9.17, 15) is 41.0 Å². The molecule has 48 heavy (non-hydrogen) atoms. The maximum atomic E-state index is 14.0. The number of nitrogens with zero attached hydrogens (tertiary/aromatic N) is 5. The van der Waals surface area contributed by atoms with Gasteiger partial charge in [0.2, 0.25) is 11.8 Å². The molecule has 4 atom stereocenters. The van der Waals surface area contributed by atoms with E-state index in [0.29, 0.717) is 37.2 Å². The number of amides is 2. The summed E-state index contributed by atoms with van der Waals surface area (Å²) in [5.41, 5.74) is -2.37. The molecule has 4 heterocycles. The lowest BCUT2D eigenvalue weighted by Gasteiger charge is -2.39. The van der Waals surface area contributed by atoms with Crippen LogP contribution >= 0.6 is 0 Å². The van der Waals surface area contributed by atoms with Crippen molar-refractivity contribution in [2.45, 2.75) is 75.9 Å². The van der Waals surface area contributed by atoms with Crippen molar-refractivity contribution in [1.29, 1.82) is 0 Å².